The Morgan fingerprint density at radius 2 is 1.32 bits per heavy atom. The maximum Gasteiger partial charge on any atom is 0.126 e. The lowest BCUT2D eigenvalue weighted by molar-refractivity contribution is -0.660. The molecule has 0 aliphatic carbocycles. The van der Waals surface area contributed by atoms with Crippen LogP contribution >= 0.6 is 0 Å². The van der Waals surface area contributed by atoms with Gasteiger partial charge >= 0.3 is 0 Å². The second-order valence-corrected chi connectivity index (χ2v) is 7.46. The molecule has 0 radical (unpaired) electrons. The summed E-state index contributed by atoms with van der Waals surface area (Å²) in [5.74, 6) is 1.59. The number of aliphatic hydroxyl groups is 1. The Morgan fingerprint density at radius 1 is 0.774 bits per heavy atom. The SMILES string of the molecule is COc1ccc(C(OC[C@H](O)C[NH2+]CCc2ccccc2)c2ccc(OC)cc2)cc1. The smallest absolute Gasteiger partial charge is 0.126 e. The minimum Gasteiger partial charge on any atom is -0.497 e. The van der Waals surface area contributed by atoms with Gasteiger partial charge in [-0.2, -0.15) is 0 Å². The fourth-order valence-electron chi connectivity index (χ4n) is 3.44. The number of hydrogen-bond donors (Lipinski definition) is 2. The molecule has 3 N–H and O–H groups in total. The third-order valence-electron chi connectivity index (χ3n) is 5.21. The van der Waals surface area contributed by atoms with Gasteiger partial charge in [-0.3, -0.25) is 0 Å². The normalized spacial score (nSPS) is 12.0. The van der Waals surface area contributed by atoms with Crippen LogP contribution in [-0.2, 0) is 11.2 Å². The number of rotatable bonds is 12. The zero-order valence-electron chi connectivity index (χ0n) is 18.2. The van der Waals surface area contributed by atoms with Crippen molar-refractivity contribution in [2.45, 2.75) is 18.6 Å². The molecule has 0 aromatic heterocycles. The second kappa shape index (κ2) is 12.1. The Bertz CT molecular complexity index is 834. The molecular weight excluding hydrogens is 390 g/mol. The molecule has 3 rings (SSSR count). The van der Waals surface area contributed by atoms with E-state index in [-0.39, 0.29) is 12.7 Å². The number of benzene rings is 3. The highest BCUT2D eigenvalue weighted by Gasteiger charge is 2.18. The highest BCUT2D eigenvalue weighted by atomic mass is 16.5. The van der Waals surface area contributed by atoms with E-state index in [1.165, 1.54) is 5.56 Å². The summed E-state index contributed by atoms with van der Waals surface area (Å²) < 4.78 is 16.7. The van der Waals surface area contributed by atoms with Gasteiger partial charge in [0, 0.05) is 6.42 Å². The Labute approximate surface area is 184 Å². The highest BCUT2D eigenvalue weighted by Crippen LogP contribution is 2.29. The first-order valence-electron chi connectivity index (χ1n) is 10.6. The molecule has 5 nitrogen and oxygen atoms in total. The first-order valence-corrected chi connectivity index (χ1v) is 10.6. The second-order valence-electron chi connectivity index (χ2n) is 7.46. The summed E-state index contributed by atoms with van der Waals surface area (Å²) in [6.07, 6.45) is 0.153. The summed E-state index contributed by atoms with van der Waals surface area (Å²) in [4.78, 5) is 0. The maximum atomic E-state index is 10.5. The van der Waals surface area contributed by atoms with Gasteiger partial charge in [-0.1, -0.05) is 54.6 Å². The van der Waals surface area contributed by atoms with Gasteiger partial charge in [0.1, 0.15) is 30.3 Å². The van der Waals surface area contributed by atoms with Gasteiger partial charge in [0.15, 0.2) is 0 Å². The molecule has 0 spiro atoms. The van der Waals surface area contributed by atoms with Crippen molar-refractivity contribution in [2.75, 3.05) is 33.9 Å². The Hall–Kier alpha value is -2.86. The van der Waals surface area contributed by atoms with Gasteiger partial charge in [0.05, 0.1) is 27.4 Å². The summed E-state index contributed by atoms with van der Waals surface area (Å²) in [7, 11) is 3.30. The number of quaternary nitrogens is 1. The van der Waals surface area contributed by atoms with E-state index < -0.39 is 6.10 Å². The van der Waals surface area contributed by atoms with E-state index in [0.717, 1.165) is 35.6 Å². The van der Waals surface area contributed by atoms with Gasteiger partial charge in [-0.05, 0) is 41.0 Å². The van der Waals surface area contributed by atoms with Gasteiger partial charge in [0.2, 0.25) is 0 Å². The molecule has 5 heteroatoms. The van der Waals surface area contributed by atoms with Gasteiger partial charge in [-0.15, -0.1) is 0 Å². The van der Waals surface area contributed by atoms with E-state index in [4.69, 9.17) is 14.2 Å². The topological polar surface area (TPSA) is 64.5 Å². The van der Waals surface area contributed by atoms with Crippen LogP contribution in [0.5, 0.6) is 11.5 Å². The third kappa shape index (κ3) is 7.10. The van der Waals surface area contributed by atoms with Crippen LogP contribution in [0.2, 0.25) is 0 Å². The molecule has 0 saturated carbocycles. The van der Waals surface area contributed by atoms with Crippen molar-refractivity contribution < 1.29 is 24.6 Å². The van der Waals surface area contributed by atoms with Crippen molar-refractivity contribution in [3.8, 4) is 11.5 Å². The summed E-state index contributed by atoms with van der Waals surface area (Å²) in [5, 5.41) is 12.6. The lowest BCUT2D eigenvalue weighted by Crippen LogP contribution is -2.87. The number of nitrogens with two attached hydrogens (primary N) is 1. The summed E-state index contributed by atoms with van der Waals surface area (Å²) in [6.45, 7) is 1.79. The number of methoxy groups -OCH3 is 2. The summed E-state index contributed by atoms with van der Waals surface area (Å²) in [5.41, 5.74) is 3.32. The number of aliphatic hydroxyl groups excluding tert-OH is 1. The van der Waals surface area contributed by atoms with E-state index in [1.54, 1.807) is 14.2 Å². The molecule has 0 aliphatic rings. The molecule has 1 atom stereocenters. The van der Waals surface area contributed by atoms with Crippen LogP contribution in [0.4, 0.5) is 0 Å². The lowest BCUT2D eigenvalue weighted by Gasteiger charge is -2.21. The maximum absolute atomic E-state index is 10.5. The number of ether oxygens (including phenoxy) is 3. The Balaban J connectivity index is 1.56. The van der Waals surface area contributed by atoms with Crippen LogP contribution in [-0.4, -0.2) is 45.1 Å². The van der Waals surface area contributed by atoms with Gasteiger partial charge < -0.3 is 24.6 Å². The Kier molecular flexibility index (Phi) is 8.91. The first kappa shape index (κ1) is 22.8. The van der Waals surface area contributed by atoms with Crippen LogP contribution in [0.25, 0.3) is 0 Å². The molecule has 0 unspecified atom stereocenters. The molecule has 0 amide bonds. The third-order valence-corrected chi connectivity index (χ3v) is 5.21. The van der Waals surface area contributed by atoms with Crippen molar-refractivity contribution in [2.24, 2.45) is 0 Å². The van der Waals surface area contributed by atoms with Gasteiger partial charge in [0.25, 0.3) is 0 Å². The molecule has 0 bridgehead atoms. The minimum atomic E-state index is -0.547. The monoisotopic (exact) mass is 422 g/mol. The largest absolute Gasteiger partial charge is 0.497 e. The molecule has 0 heterocycles. The highest BCUT2D eigenvalue weighted by molar-refractivity contribution is 5.36. The van der Waals surface area contributed by atoms with E-state index in [0.29, 0.717) is 6.54 Å². The van der Waals surface area contributed by atoms with Gasteiger partial charge in [-0.25, -0.2) is 0 Å². The average Bonchev–Trinajstić information content (AvgIpc) is 2.83. The van der Waals surface area contributed by atoms with E-state index in [9.17, 15) is 5.11 Å². The fourth-order valence-corrected chi connectivity index (χ4v) is 3.44. The lowest BCUT2D eigenvalue weighted by atomic mass is 10.0. The predicted molar refractivity (Wildman–Crippen MR) is 122 cm³/mol. The van der Waals surface area contributed by atoms with Crippen molar-refractivity contribution in [3.63, 3.8) is 0 Å². The van der Waals surface area contributed by atoms with Crippen LogP contribution in [0, 0.1) is 0 Å². The number of hydrogen-bond acceptors (Lipinski definition) is 4. The molecule has 164 valence electrons. The average molecular weight is 423 g/mol. The van der Waals surface area contributed by atoms with E-state index >= 15 is 0 Å². The molecule has 0 fully saturated rings. The summed E-state index contributed by atoms with van der Waals surface area (Å²) >= 11 is 0. The zero-order valence-corrected chi connectivity index (χ0v) is 18.2. The van der Waals surface area contributed by atoms with Crippen molar-refractivity contribution >= 4 is 0 Å². The molecule has 0 saturated heterocycles. The summed E-state index contributed by atoms with van der Waals surface area (Å²) in [6, 6.07) is 26.0. The standard InChI is InChI=1S/C26H31NO4/c1-29-24-12-8-21(9-13-24)26(22-10-14-25(30-2)15-11-22)31-19-23(28)18-27-17-16-20-6-4-3-5-7-20/h3-15,23,26-28H,16-19H2,1-2H3/p+1/t23-/m1/s1. The first-order chi connectivity index (χ1) is 15.2. The molecule has 0 aliphatic heterocycles. The molecule has 31 heavy (non-hydrogen) atoms. The van der Waals surface area contributed by atoms with Crippen LogP contribution < -0.4 is 14.8 Å². The van der Waals surface area contributed by atoms with E-state index in [2.05, 4.69) is 29.6 Å². The molecular formula is C26H32NO4+. The van der Waals surface area contributed by atoms with Crippen LogP contribution in [0.1, 0.15) is 22.8 Å². The zero-order chi connectivity index (χ0) is 21.9. The molecule has 3 aromatic carbocycles. The Morgan fingerprint density at radius 3 is 1.84 bits per heavy atom. The molecule has 3 aromatic rings. The van der Waals surface area contributed by atoms with Crippen LogP contribution in [0.15, 0.2) is 78.9 Å². The van der Waals surface area contributed by atoms with Crippen molar-refractivity contribution in [1.82, 2.24) is 0 Å². The minimum absolute atomic E-state index is 0.255. The fraction of sp³-hybridized carbons (Fsp3) is 0.308. The predicted octanol–water partition coefficient (Wildman–Crippen LogP) is 2.98. The van der Waals surface area contributed by atoms with Crippen molar-refractivity contribution in [1.29, 1.82) is 0 Å². The van der Waals surface area contributed by atoms with Crippen molar-refractivity contribution in [3.05, 3.63) is 95.6 Å². The quantitative estimate of drug-likeness (QED) is 0.441. The van der Waals surface area contributed by atoms with E-state index in [1.807, 2.05) is 54.6 Å². The van der Waals surface area contributed by atoms with Crippen LogP contribution in [0.3, 0.4) is 0 Å².